The van der Waals surface area contributed by atoms with Crippen LogP contribution in [0.15, 0.2) is 170 Å². The second-order valence-electron chi connectivity index (χ2n) is 14.7. The van der Waals surface area contributed by atoms with Gasteiger partial charge < -0.3 is 0 Å². The Labute approximate surface area is 326 Å². The van der Waals surface area contributed by atoms with Gasteiger partial charge in [0.05, 0.1) is 5.52 Å². The molecule has 0 saturated carbocycles. The molecule has 0 radical (unpaired) electrons. The second-order valence-corrected chi connectivity index (χ2v) is 18.4. The van der Waals surface area contributed by atoms with Crippen LogP contribution in [0.5, 0.6) is 0 Å². The van der Waals surface area contributed by atoms with Crippen LogP contribution in [0.4, 0.5) is 0 Å². The lowest BCUT2D eigenvalue weighted by atomic mass is 10.0. The maximum absolute atomic E-state index is 5.36. The molecule has 264 valence electrons. The molecule has 1 spiro atoms. The van der Waals surface area contributed by atoms with Crippen molar-refractivity contribution >= 4 is 72.8 Å². The normalized spacial score (nSPS) is 13.4. The van der Waals surface area contributed by atoms with Gasteiger partial charge in [-0.15, -0.1) is 0 Å². The van der Waals surface area contributed by atoms with Crippen LogP contribution >= 0.6 is 0 Å². The van der Waals surface area contributed by atoms with E-state index in [-0.39, 0.29) is 0 Å². The number of benzene rings is 5. The van der Waals surface area contributed by atoms with Gasteiger partial charge in [0.2, 0.25) is 11.9 Å². The Hall–Kier alpha value is -7.62. The highest BCUT2D eigenvalue weighted by Crippen LogP contribution is 2.38. The average molecular weight is 745 g/mol. The summed E-state index contributed by atoms with van der Waals surface area (Å²) in [6.07, 6.45) is 5.43. The maximum Gasteiger partial charge on any atom is 0.242 e. The summed E-state index contributed by atoms with van der Waals surface area (Å²) < 4.78 is 4.01. The third-order valence-electron chi connectivity index (χ3n) is 12.0. The van der Waals surface area contributed by atoms with Crippen molar-refractivity contribution in [2.45, 2.75) is 0 Å². The predicted octanol–water partition coefficient (Wildman–Crippen LogP) is 7.26. The minimum atomic E-state index is -2.71. The molecule has 0 aliphatic carbocycles. The molecule has 0 bridgehead atoms. The third-order valence-corrected chi connectivity index (χ3v) is 16.9. The molecule has 57 heavy (non-hydrogen) atoms. The van der Waals surface area contributed by atoms with Crippen LogP contribution in [0, 0.1) is 0 Å². The lowest BCUT2D eigenvalue weighted by Gasteiger charge is -2.28. The molecule has 0 amide bonds. The van der Waals surface area contributed by atoms with E-state index in [0.717, 1.165) is 49.6 Å². The number of fused-ring (bicyclic) bond motifs is 16. The SMILES string of the molecule is c1ccc2c(c1)-c1ccccc1[Si]21c2ccccc2-c2ccc(-c3nc(-n4c5ccccc5c5cccnc54)nc(-n4c5ncccc5c5cccnc54)n3)cc21. The summed E-state index contributed by atoms with van der Waals surface area (Å²) in [6, 6.07) is 54.3. The minimum absolute atomic E-state index is 0.432. The van der Waals surface area contributed by atoms with Crippen molar-refractivity contribution in [3.8, 4) is 45.5 Å². The van der Waals surface area contributed by atoms with Crippen molar-refractivity contribution in [1.29, 1.82) is 0 Å². The Morgan fingerprint density at radius 2 is 0.825 bits per heavy atom. The zero-order chi connectivity index (χ0) is 37.2. The summed E-state index contributed by atoms with van der Waals surface area (Å²) in [4.78, 5) is 30.6. The molecular weight excluding hydrogens is 717 g/mol. The summed E-state index contributed by atoms with van der Waals surface area (Å²) >= 11 is 0. The minimum Gasteiger partial charge on any atom is -0.262 e. The molecule has 0 fully saturated rings. The topological polar surface area (TPSA) is 87.2 Å². The Kier molecular flexibility index (Phi) is 6.04. The Bertz CT molecular complexity index is 3210. The van der Waals surface area contributed by atoms with Crippen molar-refractivity contribution < 1.29 is 0 Å². The van der Waals surface area contributed by atoms with E-state index in [9.17, 15) is 0 Å². The molecule has 5 aromatic carbocycles. The third kappa shape index (κ3) is 3.95. The first-order chi connectivity index (χ1) is 28.3. The van der Waals surface area contributed by atoms with Gasteiger partial charge in [0, 0.05) is 45.7 Å². The van der Waals surface area contributed by atoms with E-state index >= 15 is 0 Å². The molecule has 11 aromatic rings. The highest BCUT2D eigenvalue weighted by Gasteiger charge is 2.53. The quantitative estimate of drug-likeness (QED) is 0.177. The molecule has 0 unspecified atom stereocenters. The number of para-hydroxylation sites is 1. The lowest BCUT2D eigenvalue weighted by Crippen LogP contribution is -2.70. The molecule has 0 atom stereocenters. The molecular formula is C48H28N8Si. The Morgan fingerprint density at radius 3 is 1.42 bits per heavy atom. The summed E-state index contributed by atoms with van der Waals surface area (Å²) in [5, 5.41) is 9.67. The first-order valence-corrected chi connectivity index (χ1v) is 21.0. The number of rotatable bonds is 3. The van der Waals surface area contributed by atoms with Crippen molar-refractivity contribution in [2.24, 2.45) is 0 Å². The first kappa shape index (κ1) is 30.7. The van der Waals surface area contributed by atoms with Gasteiger partial charge in [0.1, 0.15) is 16.9 Å². The number of hydrogen-bond acceptors (Lipinski definition) is 6. The first-order valence-electron chi connectivity index (χ1n) is 19.0. The fourth-order valence-corrected chi connectivity index (χ4v) is 15.4. The van der Waals surface area contributed by atoms with E-state index in [4.69, 9.17) is 29.9 Å². The monoisotopic (exact) mass is 744 g/mol. The Balaban J connectivity index is 1.13. The zero-order valence-electron chi connectivity index (χ0n) is 30.2. The number of aromatic nitrogens is 8. The van der Waals surface area contributed by atoms with E-state index in [1.807, 2.05) is 35.0 Å². The second kappa shape index (κ2) is 11.2. The van der Waals surface area contributed by atoms with Gasteiger partial charge >= 0.3 is 0 Å². The average Bonchev–Trinajstić information content (AvgIpc) is 3.98. The van der Waals surface area contributed by atoms with E-state index in [1.165, 1.54) is 43.0 Å². The van der Waals surface area contributed by atoms with Crippen LogP contribution in [-0.4, -0.2) is 47.1 Å². The molecule has 2 aliphatic heterocycles. The van der Waals surface area contributed by atoms with E-state index in [1.54, 1.807) is 12.4 Å². The molecule has 6 aromatic heterocycles. The van der Waals surface area contributed by atoms with Gasteiger partial charge in [-0.1, -0.05) is 109 Å². The number of hydrogen-bond donors (Lipinski definition) is 0. The standard InChI is InChI=1S/C48H28N8Si/c1-5-19-38-30(12-1)35-16-9-25-49-44(35)55(38)47-52-43(53-48(54-47)56-45-36(17-10-26-50-45)37-18-11-27-51-46(37)56)29-23-24-34-33-15-4-8-22-41(33)57(42(34)28-29)39-20-6-2-13-31(39)32-14-3-7-21-40(32)57/h1-28H. The summed E-state index contributed by atoms with van der Waals surface area (Å²) in [7, 11) is -2.71. The van der Waals surface area contributed by atoms with Gasteiger partial charge in [0.25, 0.3) is 0 Å². The fourth-order valence-electron chi connectivity index (χ4n) is 9.78. The predicted molar refractivity (Wildman–Crippen MR) is 229 cm³/mol. The maximum atomic E-state index is 5.36. The fraction of sp³-hybridized carbons (Fsp3) is 0. The van der Waals surface area contributed by atoms with Gasteiger partial charge in [-0.25, -0.2) is 19.5 Å². The van der Waals surface area contributed by atoms with Gasteiger partial charge in [-0.2, -0.15) is 15.0 Å². The van der Waals surface area contributed by atoms with E-state index in [2.05, 4.69) is 132 Å². The molecule has 0 N–H and O–H groups in total. The molecule has 8 nitrogen and oxygen atoms in total. The van der Waals surface area contributed by atoms with Crippen molar-refractivity contribution in [3.63, 3.8) is 0 Å². The van der Waals surface area contributed by atoms with Crippen LogP contribution in [0.2, 0.25) is 0 Å². The van der Waals surface area contributed by atoms with E-state index < -0.39 is 8.07 Å². The largest absolute Gasteiger partial charge is 0.262 e. The van der Waals surface area contributed by atoms with Crippen molar-refractivity contribution in [3.05, 3.63) is 170 Å². The highest BCUT2D eigenvalue weighted by molar-refractivity contribution is 7.24. The van der Waals surface area contributed by atoms with Crippen LogP contribution in [0.1, 0.15) is 0 Å². The van der Waals surface area contributed by atoms with Gasteiger partial charge in [-0.3, -0.25) is 4.57 Å². The van der Waals surface area contributed by atoms with Crippen LogP contribution in [0.25, 0.3) is 89.5 Å². The molecule has 9 heteroatoms. The molecule has 0 saturated heterocycles. The Morgan fingerprint density at radius 1 is 0.368 bits per heavy atom. The summed E-state index contributed by atoms with van der Waals surface area (Å²) in [5.41, 5.74) is 9.31. The zero-order valence-corrected chi connectivity index (χ0v) is 31.2. The lowest BCUT2D eigenvalue weighted by molar-refractivity contribution is 0.879. The highest BCUT2D eigenvalue weighted by atomic mass is 28.3. The van der Waals surface area contributed by atoms with Gasteiger partial charge in [-0.05, 0) is 85.5 Å². The van der Waals surface area contributed by atoms with E-state index in [0.29, 0.717) is 17.7 Å². The molecule has 8 heterocycles. The summed E-state index contributed by atoms with van der Waals surface area (Å²) in [5.74, 6) is 1.46. The van der Waals surface area contributed by atoms with Crippen LogP contribution < -0.4 is 20.7 Å². The van der Waals surface area contributed by atoms with Crippen molar-refractivity contribution in [1.82, 2.24) is 39.0 Å². The molecule has 13 rings (SSSR count). The number of nitrogens with zero attached hydrogens (tertiary/aromatic N) is 8. The van der Waals surface area contributed by atoms with Crippen LogP contribution in [0.3, 0.4) is 0 Å². The number of pyridine rings is 3. The van der Waals surface area contributed by atoms with Crippen LogP contribution in [-0.2, 0) is 0 Å². The van der Waals surface area contributed by atoms with Gasteiger partial charge in [0.15, 0.2) is 13.9 Å². The summed E-state index contributed by atoms with van der Waals surface area (Å²) in [6.45, 7) is 0. The molecule has 2 aliphatic rings. The smallest absolute Gasteiger partial charge is 0.242 e. The van der Waals surface area contributed by atoms with Crippen molar-refractivity contribution in [2.75, 3.05) is 0 Å².